The van der Waals surface area contributed by atoms with Crippen molar-refractivity contribution >= 4 is 25.2 Å². The van der Waals surface area contributed by atoms with Gasteiger partial charge in [0.15, 0.2) is 5.96 Å². The third-order valence-electron chi connectivity index (χ3n) is 5.16. The molecule has 28 heavy (non-hydrogen) atoms. The summed E-state index contributed by atoms with van der Waals surface area (Å²) >= 11 is 0. The molecule has 8 heteroatoms. The Bertz CT molecular complexity index is 956. The summed E-state index contributed by atoms with van der Waals surface area (Å²) in [6.07, 6.45) is 0. The maximum Gasteiger partial charge on any atom is 0.270 e. The van der Waals surface area contributed by atoms with E-state index < -0.39 is 23.2 Å². The van der Waals surface area contributed by atoms with Crippen LogP contribution in [-0.2, 0) is 16.3 Å². The fourth-order valence-electron chi connectivity index (χ4n) is 3.45. The number of carbonyl (C=O) groups is 1. The summed E-state index contributed by atoms with van der Waals surface area (Å²) in [6, 6.07) is 9.61. The van der Waals surface area contributed by atoms with Gasteiger partial charge in [-0.05, 0) is 24.1 Å². The van der Waals surface area contributed by atoms with E-state index >= 15 is 0 Å². The predicted molar refractivity (Wildman–Crippen MR) is 102 cm³/mol. The van der Waals surface area contributed by atoms with E-state index in [-0.39, 0.29) is 22.9 Å². The summed E-state index contributed by atoms with van der Waals surface area (Å²) in [5.74, 6) is -4.79. The van der Waals surface area contributed by atoms with Gasteiger partial charge in [-0.1, -0.05) is 41.9 Å². The highest BCUT2D eigenvalue weighted by atomic mass is 19.3. The summed E-state index contributed by atoms with van der Waals surface area (Å²) in [7, 11) is 7.19. The zero-order chi connectivity index (χ0) is 20.9. The van der Waals surface area contributed by atoms with Crippen molar-refractivity contribution in [1.29, 1.82) is 0 Å². The van der Waals surface area contributed by atoms with Crippen LogP contribution in [0.5, 0.6) is 0 Å². The van der Waals surface area contributed by atoms with Crippen LogP contribution >= 0.6 is 0 Å². The number of hydrogen-bond donors (Lipinski definition) is 1. The first-order chi connectivity index (χ1) is 12.9. The van der Waals surface area contributed by atoms with Gasteiger partial charge in [-0.15, -0.1) is 0 Å². The Balaban J connectivity index is 2.17. The first-order valence-electron chi connectivity index (χ1n) is 8.62. The molecule has 0 bridgehead atoms. The first kappa shape index (κ1) is 20.0. The molecule has 1 heterocycles. The van der Waals surface area contributed by atoms with Crippen molar-refractivity contribution in [2.24, 2.45) is 10.7 Å². The third kappa shape index (κ3) is 3.27. The van der Waals surface area contributed by atoms with Gasteiger partial charge in [-0.2, -0.15) is 0 Å². The van der Waals surface area contributed by atoms with E-state index in [2.05, 4.69) is 4.99 Å². The van der Waals surface area contributed by atoms with Crippen LogP contribution in [0, 0.1) is 5.82 Å². The summed E-state index contributed by atoms with van der Waals surface area (Å²) in [5.41, 5.74) is 5.47. The van der Waals surface area contributed by atoms with Crippen LogP contribution in [0.25, 0.3) is 0 Å². The van der Waals surface area contributed by atoms with Crippen molar-refractivity contribution in [3.8, 4) is 0 Å². The topological polar surface area (TPSA) is 58.7 Å². The molecule has 2 aromatic rings. The lowest BCUT2D eigenvalue weighted by Crippen LogP contribution is -2.52. The minimum absolute atomic E-state index is 0.00311. The molecule has 1 amide bonds. The molecule has 0 saturated heterocycles. The molecular weight excluding hydrogens is 366 g/mol. The average Bonchev–Trinajstić information content (AvgIpc) is 2.62. The van der Waals surface area contributed by atoms with Crippen molar-refractivity contribution in [1.82, 2.24) is 4.90 Å². The van der Waals surface area contributed by atoms with Gasteiger partial charge in [-0.25, -0.2) is 18.2 Å². The number of guanidine groups is 1. The second-order valence-electron chi connectivity index (χ2n) is 7.19. The molecule has 2 aromatic carbocycles. The molecule has 0 aliphatic carbocycles. The molecule has 144 valence electrons. The van der Waals surface area contributed by atoms with E-state index in [1.165, 1.54) is 54.4 Å². The van der Waals surface area contributed by atoms with Crippen LogP contribution in [-0.4, -0.2) is 31.7 Å². The van der Waals surface area contributed by atoms with Crippen molar-refractivity contribution in [3.63, 3.8) is 0 Å². The number of rotatable bonds is 3. The molecule has 0 saturated carbocycles. The molecule has 1 aliphatic heterocycles. The maximum absolute atomic E-state index is 13.7. The van der Waals surface area contributed by atoms with Gasteiger partial charge in [0.05, 0.1) is 5.92 Å². The second kappa shape index (κ2) is 6.69. The summed E-state index contributed by atoms with van der Waals surface area (Å²) in [4.78, 5) is 18.8. The van der Waals surface area contributed by atoms with Gasteiger partial charge >= 0.3 is 0 Å². The highest BCUT2D eigenvalue weighted by molar-refractivity contribution is 6.32. The highest BCUT2D eigenvalue weighted by Crippen LogP contribution is 2.44. The van der Waals surface area contributed by atoms with Gasteiger partial charge in [0.25, 0.3) is 5.92 Å². The number of hydrogen-bond acceptors (Lipinski definition) is 3. The normalized spacial score (nSPS) is 22.9. The molecule has 2 N–H and O–H groups in total. The number of nitrogens with two attached hydrogens (primary N) is 1. The van der Waals surface area contributed by atoms with Crippen LogP contribution in [0.15, 0.2) is 47.5 Å². The van der Waals surface area contributed by atoms with Crippen LogP contribution < -0.4 is 11.2 Å². The lowest BCUT2D eigenvalue weighted by Gasteiger charge is -2.41. The quantitative estimate of drug-likeness (QED) is 0.826. The van der Waals surface area contributed by atoms with Gasteiger partial charge in [-0.3, -0.25) is 9.69 Å². The number of likely N-dealkylation sites (N-methyl/N-ethyl adjacent to an activating group) is 1. The maximum atomic E-state index is 13.7. The molecule has 0 spiro atoms. The van der Waals surface area contributed by atoms with Gasteiger partial charge in [0.2, 0.25) is 5.91 Å². The Kier molecular flexibility index (Phi) is 4.77. The molecule has 1 aliphatic rings. The molecule has 0 unspecified atom stereocenters. The zero-order valence-electron chi connectivity index (χ0n) is 15.7. The van der Waals surface area contributed by atoms with Crippen LogP contribution in [0.2, 0.25) is 0 Å². The van der Waals surface area contributed by atoms with E-state index in [4.69, 9.17) is 13.6 Å². The zero-order valence-corrected chi connectivity index (χ0v) is 15.7. The highest BCUT2D eigenvalue weighted by Gasteiger charge is 2.47. The number of carbonyl (C=O) groups excluding carboxylic acids is 1. The molecular formula is C20H19BF3N3O. The molecule has 3 rings (SSSR count). The second-order valence-corrected chi connectivity index (χ2v) is 7.19. The first-order valence-corrected chi connectivity index (χ1v) is 8.62. The fraction of sp³-hybridized carbons (Fsp3) is 0.300. The summed E-state index contributed by atoms with van der Waals surface area (Å²) < 4.78 is 40.8. The van der Waals surface area contributed by atoms with Crippen molar-refractivity contribution in [2.45, 2.75) is 31.2 Å². The number of amides is 1. The van der Waals surface area contributed by atoms with Crippen molar-refractivity contribution in [2.75, 3.05) is 7.05 Å². The number of aliphatic imine (C=N–C) groups is 1. The Morgan fingerprint density at radius 2 is 1.82 bits per heavy atom. The number of nitrogens with zero attached hydrogens (tertiary/aromatic N) is 2. The molecule has 2 atom stereocenters. The summed E-state index contributed by atoms with van der Waals surface area (Å²) in [5, 5.41) is 0. The standard InChI is InChI=1S/C20H19BF3N3O/c1-19(13-8-9-15(22)14(21)10-13)16(17(28)27(3)18(25)26-19)11-4-6-12(7-5-11)20(2,23)24/h4-10,16H,1-3H3,(H2,25,26)/t16-,19+/m0/s1. The molecule has 0 fully saturated rings. The van der Waals surface area contributed by atoms with Crippen LogP contribution in [0.3, 0.4) is 0 Å². The van der Waals surface area contributed by atoms with E-state index in [1.807, 2.05) is 0 Å². The van der Waals surface area contributed by atoms with E-state index in [0.29, 0.717) is 11.1 Å². The predicted octanol–water partition coefficient (Wildman–Crippen LogP) is 2.52. The van der Waals surface area contributed by atoms with E-state index in [0.717, 1.165) is 6.92 Å². The average molecular weight is 385 g/mol. The van der Waals surface area contributed by atoms with Crippen molar-refractivity contribution in [3.05, 3.63) is 65.0 Å². The molecule has 2 radical (unpaired) electrons. The number of halogens is 3. The Hall–Kier alpha value is -2.77. The minimum atomic E-state index is -3.00. The smallest absolute Gasteiger partial charge is 0.270 e. The Labute approximate surface area is 162 Å². The molecule has 0 aromatic heterocycles. The lowest BCUT2D eigenvalue weighted by molar-refractivity contribution is -0.130. The monoisotopic (exact) mass is 385 g/mol. The minimum Gasteiger partial charge on any atom is -0.369 e. The third-order valence-corrected chi connectivity index (χ3v) is 5.16. The number of benzene rings is 2. The fourth-order valence-corrected chi connectivity index (χ4v) is 3.45. The van der Waals surface area contributed by atoms with Gasteiger partial charge in [0, 0.05) is 19.5 Å². The molecule has 4 nitrogen and oxygen atoms in total. The van der Waals surface area contributed by atoms with Crippen LogP contribution in [0.4, 0.5) is 13.2 Å². The van der Waals surface area contributed by atoms with E-state index in [9.17, 15) is 18.0 Å². The Morgan fingerprint density at radius 1 is 1.21 bits per heavy atom. The van der Waals surface area contributed by atoms with Crippen LogP contribution in [0.1, 0.15) is 36.5 Å². The van der Waals surface area contributed by atoms with E-state index in [1.54, 1.807) is 6.92 Å². The summed E-state index contributed by atoms with van der Waals surface area (Å²) in [6.45, 7) is 2.49. The number of alkyl halides is 2. The lowest BCUT2D eigenvalue weighted by atomic mass is 9.73. The largest absolute Gasteiger partial charge is 0.369 e. The van der Waals surface area contributed by atoms with Crippen molar-refractivity contribution < 1.29 is 18.0 Å². The Morgan fingerprint density at radius 3 is 2.36 bits per heavy atom. The van der Waals surface area contributed by atoms with Gasteiger partial charge in [0.1, 0.15) is 19.2 Å². The SMILES string of the molecule is [B]c1cc([C@@]2(C)N=C(N)N(C)C(=O)[C@@H]2c2ccc(C(C)(F)F)cc2)ccc1F. The van der Waals surface area contributed by atoms with Gasteiger partial charge < -0.3 is 5.73 Å².